The molecule has 6 nitrogen and oxygen atoms in total. The summed E-state index contributed by atoms with van der Waals surface area (Å²) >= 11 is 5.76. The first-order chi connectivity index (χ1) is 14.6. The van der Waals surface area contributed by atoms with Gasteiger partial charge in [0.05, 0.1) is 18.8 Å². The summed E-state index contributed by atoms with van der Waals surface area (Å²) in [5.74, 6) is -1.38. The quantitative estimate of drug-likeness (QED) is 0.469. The van der Waals surface area contributed by atoms with E-state index in [9.17, 15) is 13.6 Å². The van der Waals surface area contributed by atoms with Crippen molar-refractivity contribution in [1.29, 1.82) is 0 Å². The minimum atomic E-state index is -0.857. The summed E-state index contributed by atoms with van der Waals surface area (Å²) < 4.78 is 39.6. The standard InChI is InChI=1S/C22H24ClF2N3O3/c1-14(29)28-13-22(2,3)27(4)20(28)6-8-30-12-15-9-17(24)21(18(25)10-15)31-16-5-7-26-19(23)11-16/h5-7,9-11H,8,12-13H2,1-4H3/b20-6-. The number of ether oxygens (including phenoxy) is 2. The van der Waals surface area contributed by atoms with Crippen molar-refractivity contribution in [1.82, 2.24) is 14.8 Å². The zero-order valence-corrected chi connectivity index (χ0v) is 18.5. The largest absolute Gasteiger partial charge is 0.451 e. The number of rotatable bonds is 6. The normalized spacial score (nSPS) is 16.8. The maximum Gasteiger partial charge on any atom is 0.225 e. The minimum Gasteiger partial charge on any atom is -0.451 e. The lowest BCUT2D eigenvalue weighted by Crippen LogP contribution is -2.36. The van der Waals surface area contributed by atoms with Gasteiger partial charge in [0.15, 0.2) is 17.4 Å². The van der Waals surface area contributed by atoms with Crippen LogP contribution in [-0.4, -0.2) is 46.4 Å². The number of aromatic nitrogens is 1. The molecule has 2 aromatic rings. The lowest BCUT2D eigenvalue weighted by Gasteiger charge is -2.28. The Morgan fingerprint density at radius 2 is 1.97 bits per heavy atom. The van der Waals surface area contributed by atoms with Gasteiger partial charge in [0.2, 0.25) is 5.91 Å². The van der Waals surface area contributed by atoms with E-state index in [0.717, 1.165) is 18.0 Å². The fourth-order valence-electron chi connectivity index (χ4n) is 3.25. The highest BCUT2D eigenvalue weighted by Gasteiger charge is 2.39. The molecule has 0 aliphatic carbocycles. The summed E-state index contributed by atoms with van der Waals surface area (Å²) in [5, 5.41) is 0.150. The molecule has 0 radical (unpaired) electrons. The Morgan fingerprint density at radius 3 is 2.58 bits per heavy atom. The van der Waals surface area contributed by atoms with Crippen LogP contribution in [0.5, 0.6) is 11.5 Å². The van der Waals surface area contributed by atoms with Crippen LogP contribution in [0.1, 0.15) is 26.3 Å². The van der Waals surface area contributed by atoms with Gasteiger partial charge in [-0.2, -0.15) is 0 Å². The van der Waals surface area contributed by atoms with Gasteiger partial charge in [-0.15, -0.1) is 0 Å². The third kappa shape index (κ3) is 5.32. The predicted octanol–water partition coefficient (Wildman–Crippen LogP) is 4.74. The molecule has 31 heavy (non-hydrogen) atoms. The van der Waals surface area contributed by atoms with Crippen LogP contribution < -0.4 is 4.74 Å². The second-order valence-electron chi connectivity index (χ2n) is 7.86. The predicted molar refractivity (Wildman–Crippen MR) is 113 cm³/mol. The fourth-order valence-corrected chi connectivity index (χ4v) is 3.42. The van der Waals surface area contributed by atoms with Crippen LogP contribution >= 0.6 is 11.6 Å². The van der Waals surface area contributed by atoms with Gasteiger partial charge in [-0.3, -0.25) is 9.69 Å². The van der Waals surface area contributed by atoms with Gasteiger partial charge < -0.3 is 14.4 Å². The van der Waals surface area contributed by atoms with Crippen molar-refractivity contribution in [2.45, 2.75) is 32.9 Å². The van der Waals surface area contributed by atoms with Crippen molar-refractivity contribution in [3.05, 3.63) is 64.7 Å². The van der Waals surface area contributed by atoms with Crippen molar-refractivity contribution in [2.75, 3.05) is 20.2 Å². The van der Waals surface area contributed by atoms with Gasteiger partial charge in [0, 0.05) is 32.8 Å². The number of benzene rings is 1. The second kappa shape index (κ2) is 9.20. The van der Waals surface area contributed by atoms with Crippen molar-refractivity contribution in [3.63, 3.8) is 0 Å². The Bertz CT molecular complexity index is 990. The van der Waals surface area contributed by atoms with Gasteiger partial charge in [-0.25, -0.2) is 13.8 Å². The molecular formula is C22H24ClF2N3O3. The van der Waals surface area contributed by atoms with E-state index in [1.165, 1.54) is 25.3 Å². The highest BCUT2D eigenvalue weighted by Crippen LogP contribution is 2.31. The highest BCUT2D eigenvalue weighted by molar-refractivity contribution is 6.29. The molecule has 1 aliphatic rings. The van der Waals surface area contributed by atoms with Crippen LogP contribution in [0.15, 0.2) is 42.4 Å². The van der Waals surface area contributed by atoms with Gasteiger partial charge in [-0.05, 0) is 43.7 Å². The number of hydrogen-bond acceptors (Lipinski definition) is 5. The van der Waals surface area contributed by atoms with Gasteiger partial charge >= 0.3 is 0 Å². The van der Waals surface area contributed by atoms with E-state index in [4.69, 9.17) is 21.1 Å². The van der Waals surface area contributed by atoms with Crippen molar-refractivity contribution in [3.8, 4) is 11.5 Å². The van der Waals surface area contributed by atoms with Crippen LogP contribution in [0.25, 0.3) is 0 Å². The number of halogens is 3. The van der Waals surface area contributed by atoms with Crippen LogP contribution in [0.3, 0.4) is 0 Å². The molecular weight excluding hydrogens is 428 g/mol. The zero-order valence-electron chi connectivity index (χ0n) is 17.8. The number of pyridine rings is 1. The number of carbonyl (C=O) groups is 1. The number of hydrogen-bond donors (Lipinski definition) is 0. The fraction of sp³-hybridized carbons (Fsp3) is 0.364. The first-order valence-corrected chi connectivity index (χ1v) is 10.0. The Kier molecular flexibility index (Phi) is 6.81. The molecule has 0 spiro atoms. The molecule has 1 aliphatic heterocycles. The Balaban J connectivity index is 1.65. The van der Waals surface area contributed by atoms with Crippen molar-refractivity contribution >= 4 is 17.5 Å². The monoisotopic (exact) mass is 451 g/mol. The Labute approximate surface area is 185 Å². The maximum atomic E-state index is 14.4. The molecule has 1 aromatic heterocycles. The molecule has 1 fully saturated rings. The Morgan fingerprint density at radius 1 is 1.29 bits per heavy atom. The topological polar surface area (TPSA) is 54.9 Å². The molecule has 1 aromatic carbocycles. The third-order valence-electron chi connectivity index (χ3n) is 5.08. The minimum absolute atomic E-state index is 0.00777. The Hall–Kier alpha value is -2.71. The number of amides is 1. The number of nitrogens with zero attached hydrogens (tertiary/aromatic N) is 3. The van der Waals surface area contributed by atoms with Gasteiger partial charge in [-0.1, -0.05) is 11.6 Å². The maximum absolute atomic E-state index is 14.4. The molecule has 0 N–H and O–H groups in total. The van der Waals surface area contributed by atoms with Gasteiger partial charge in [0.25, 0.3) is 0 Å². The molecule has 0 atom stereocenters. The number of likely N-dealkylation sites (N-methyl/N-ethyl adjacent to an activating group) is 1. The van der Waals surface area contributed by atoms with E-state index >= 15 is 0 Å². The summed E-state index contributed by atoms with van der Waals surface area (Å²) in [7, 11) is 1.91. The average molecular weight is 452 g/mol. The van der Waals surface area contributed by atoms with E-state index in [1.54, 1.807) is 11.0 Å². The summed E-state index contributed by atoms with van der Waals surface area (Å²) in [5.41, 5.74) is 0.121. The first-order valence-electron chi connectivity index (χ1n) is 9.65. The van der Waals surface area contributed by atoms with Crippen molar-refractivity contribution < 1.29 is 23.0 Å². The molecule has 1 amide bonds. The average Bonchev–Trinajstić information content (AvgIpc) is 2.92. The van der Waals surface area contributed by atoms with Crippen LogP contribution in [0.4, 0.5) is 8.78 Å². The summed E-state index contributed by atoms with van der Waals surface area (Å²) in [6.45, 7) is 6.34. The smallest absolute Gasteiger partial charge is 0.225 e. The van der Waals surface area contributed by atoms with E-state index in [1.807, 2.05) is 25.8 Å². The first kappa shape index (κ1) is 23.0. The van der Waals surface area contributed by atoms with Crippen molar-refractivity contribution in [2.24, 2.45) is 0 Å². The van der Waals surface area contributed by atoms with E-state index in [0.29, 0.717) is 12.1 Å². The lowest BCUT2D eigenvalue weighted by atomic mass is 10.1. The van der Waals surface area contributed by atoms with E-state index in [2.05, 4.69) is 4.98 Å². The molecule has 9 heteroatoms. The second-order valence-corrected chi connectivity index (χ2v) is 8.25. The number of carbonyl (C=O) groups excluding carboxylic acids is 1. The molecule has 2 heterocycles. The molecule has 0 unspecified atom stereocenters. The van der Waals surface area contributed by atoms with Crippen LogP contribution in [-0.2, 0) is 16.1 Å². The molecule has 1 saturated heterocycles. The molecule has 0 saturated carbocycles. The third-order valence-corrected chi connectivity index (χ3v) is 5.29. The zero-order chi connectivity index (χ0) is 22.8. The summed E-state index contributed by atoms with van der Waals surface area (Å²) in [6.07, 6.45) is 3.16. The summed E-state index contributed by atoms with van der Waals surface area (Å²) in [6, 6.07) is 5.11. The van der Waals surface area contributed by atoms with Gasteiger partial charge in [0.1, 0.15) is 16.7 Å². The molecule has 3 rings (SSSR count). The van der Waals surface area contributed by atoms with E-state index < -0.39 is 17.4 Å². The highest BCUT2D eigenvalue weighted by atomic mass is 35.5. The molecule has 166 valence electrons. The lowest BCUT2D eigenvalue weighted by molar-refractivity contribution is -0.126. The SMILES string of the molecule is CC(=O)N1CC(C)(C)N(C)/C1=C/COCc1cc(F)c(Oc2ccnc(Cl)c2)c(F)c1. The van der Waals surface area contributed by atoms with Crippen LogP contribution in [0, 0.1) is 11.6 Å². The van der Waals surface area contributed by atoms with E-state index in [-0.39, 0.29) is 35.6 Å². The summed E-state index contributed by atoms with van der Waals surface area (Å²) in [4.78, 5) is 19.4. The van der Waals surface area contributed by atoms with Crippen LogP contribution in [0.2, 0.25) is 5.15 Å². The molecule has 0 bridgehead atoms.